The van der Waals surface area contributed by atoms with E-state index in [0.717, 1.165) is 41.9 Å². The van der Waals surface area contributed by atoms with Gasteiger partial charge in [-0.2, -0.15) is 4.98 Å². The Morgan fingerprint density at radius 2 is 1.97 bits per heavy atom. The van der Waals surface area contributed by atoms with Crippen LogP contribution in [0.25, 0.3) is 11.1 Å². The van der Waals surface area contributed by atoms with Crippen molar-refractivity contribution >= 4 is 34.5 Å². The molecule has 0 bridgehead atoms. The van der Waals surface area contributed by atoms with Gasteiger partial charge in [0.25, 0.3) is 0 Å². The van der Waals surface area contributed by atoms with Gasteiger partial charge >= 0.3 is 5.97 Å². The largest absolute Gasteiger partial charge is 0.465 e. The molecule has 0 saturated carbocycles. The second-order valence-electron chi connectivity index (χ2n) is 7.87. The Morgan fingerprint density at radius 3 is 2.74 bits per heavy atom. The lowest BCUT2D eigenvalue weighted by Crippen LogP contribution is -2.41. The van der Waals surface area contributed by atoms with Crippen LogP contribution >= 0.6 is 0 Å². The number of hydrogen-bond acceptors (Lipinski definition) is 7. The van der Waals surface area contributed by atoms with Gasteiger partial charge in [0.15, 0.2) is 0 Å². The van der Waals surface area contributed by atoms with Gasteiger partial charge in [0, 0.05) is 18.7 Å². The fraction of sp³-hybridized carbons (Fsp3) is 0.391. The van der Waals surface area contributed by atoms with Crippen molar-refractivity contribution in [3.05, 3.63) is 47.0 Å². The summed E-state index contributed by atoms with van der Waals surface area (Å²) in [7, 11) is 1.32. The van der Waals surface area contributed by atoms with Crippen molar-refractivity contribution in [2.75, 3.05) is 30.4 Å². The lowest BCUT2D eigenvalue weighted by Gasteiger charge is -2.33. The minimum Gasteiger partial charge on any atom is -0.465 e. The van der Waals surface area contributed by atoms with E-state index in [4.69, 9.17) is 9.15 Å². The maximum atomic E-state index is 13.1. The summed E-state index contributed by atoms with van der Waals surface area (Å²) < 4.78 is 10.6. The molecule has 3 aromatic rings. The summed E-state index contributed by atoms with van der Waals surface area (Å²) in [5.41, 5.74) is 2.39. The highest BCUT2D eigenvalue weighted by atomic mass is 16.5. The second kappa shape index (κ2) is 8.37. The number of aromatic nitrogens is 2. The zero-order valence-electron chi connectivity index (χ0n) is 18.2. The highest BCUT2D eigenvalue weighted by molar-refractivity contribution is 6.02. The fourth-order valence-electron chi connectivity index (χ4n) is 4.06. The van der Waals surface area contributed by atoms with Crippen molar-refractivity contribution in [1.29, 1.82) is 0 Å². The molecule has 1 amide bonds. The zero-order chi connectivity index (χ0) is 22.1. The van der Waals surface area contributed by atoms with E-state index >= 15 is 0 Å². The number of hydrogen-bond donors (Lipinski definition) is 1. The molecule has 1 aliphatic rings. The number of fused-ring (bicyclic) bond motifs is 1. The molecular weight excluding hydrogens is 396 g/mol. The molecule has 0 radical (unpaired) electrons. The summed E-state index contributed by atoms with van der Waals surface area (Å²) in [6.07, 6.45) is 1.62. The molecular formula is C23H26N4O4. The Kier molecular flexibility index (Phi) is 5.63. The van der Waals surface area contributed by atoms with Gasteiger partial charge in [-0.25, -0.2) is 9.78 Å². The normalized spacial score (nSPS) is 16.4. The summed E-state index contributed by atoms with van der Waals surface area (Å²) in [5.74, 6) is 1.42. The first kappa shape index (κ1) is 20.8. The molecule has 8 nitrogen and oxygen atoms in total. The number of para-hydroxylation sites is 1. The number of nitrogens with zero attached hydrogens (tertiary/aromatic N) is 3. The van der Waals surface area contributed by atoms with Gasteiger partial charge in [-0.05, 0) is 45.7 Å². The smallest absolute Gasteiger partial charge is 0.339 e. The number of esters is 1. The van der Waals surface area contributed by atoms with Crippen molar-refractivity contribution < 1.29 is 18.7 Å². The van der Waals surface area contributed by atoms with Crippen molar-refractivity contribution in [2.45, 2.75) is 33.6 Å². The predicted molar refractivity (Wildman–Crippen MR) is 117 cm³/mol. The topological polar surface area (TPSA) is 97.6 Å². The van der Waals surface area contributed by atoms with Gasteiger partial charge in [0.05, 0.1) is 29.7 Å². The van der Waals surface area contributed by atoms with Gasteiger partial charge in [0.1, 0.15) is 17.4 Å². The number of methoxy groups -OCH3 is 1. The van der Waals surface area contributed by atoms with Crippen LogP contribution in [0.1, 0.15) is 40.3 Å². The molecule has 1 fully saturated rings. The van der Waals surface area contributed by atoms with Crippen LogP contribution in [-0.4, -0.2) is 42.0 Å². The first-order chi connectivity index (χ1) is 14.9. The second-order valence-corrected chi connectivity index (χ2v) is 7.87. The molecule has 3 heterocycles. The number of benzene rings is 1. The lowest BCUT2D eigenvalue weighted by atomic mass is 9.96. The summed E-state index contributed by atoms with van der Waals surface area (Å²) >= 11 is 0. The van der Waals surface area contributed by atoms with Crippen molar-refractivity contribution in [3.8, 4) is 0 Å². The van der Waals surface area contributed by atoms with Crippen LogP contribution in [-0.2, 0) is 9.53 Å². The molecule has 1 atom stereocenters. The van der Waals surface area contributed by atoms with Crippen molar-refractivity contribution in [1.82, 2.24) is 9.97 Å². The van der Waals surface area contributed by atoms with Crippen LogP contribution in [0.4, 0.5) is 11.5 Å². The summed E-state index contributed by atoms with van der Waals surface area (Å²) in [6.45, 7) is 7.09. The standard InChI is InChI=1S/C23H26N4O4/c1-13-14(2)31-22-19(13)20(24-15(3)25-22)27-11-7-8-16(12-27)21(28)26-18-10-6-5-9-17(18)23(29)30-4/h5-6,9-10,16H,7-8,11-12H2,1-4H3,(H,26,28)/t16-/m0/s1. The minimum atomic E-state index is -0.481. The van der Waals surface area contributed by atoms with Crippen LogP contribution in [0, 0.1) is 26.7 Å². The highest BCUT2D eigenvalue weighted by Gasteiger charge is 2.29. The Morgan fingerprint density at radius 1 is 1.19 bits per heavy atom. The molecule has 31 heavy (non-hydrogen) atoms. The molecule has 0 aliphatic carbocycles. The minimum absolute atomic E-state index is 0.122. The highest BCUT2D eigenvalue weighted by Crippen LogP contribution is 2.33. The lowest BCUT2D eigenvalue weighted by molar-refractivity contribution is -0.120. The Bertz CT molecular complexity index is 1150. The SMILES string of the molecule is COC(=O)c1ccccc1NC(=O)[C@H]1CCCN(c2nc(C)nc3oc(C)c(C)c23)C1. The van der Waals surface area contributed by atoms with Gasteiger partial charge in [-0.1, -0.05) is 12.1 Å². The molecule has 2 aromatic heterocycles. The van der Waals surface area contributed by atoms with E-state index in [1.54, 1.807) is 24.3 Å². The zero-order valence-corrected chi connectivity index (χ0v) is 18.2. The van der Waals surface area contributed by atoms with Crippen molar-refractivity contribution in [3.63, 3.8) is 0 Å². The third-order valence-corrected chi connectivity index (χ3v) is 5.80. The third-order valence-electron chi connectivity index (χ3n) is 5.80. The Balaban J connectivity index is 1.58. The number of aryl methyl sites for hydroxylation is 3. The number of rotatable bonds is 4. The summed E-state index contributed by atoms with van der Waals surface area (Å²) in [5, 5.41) is 3.82. The van der Waals surface area contributed by atoms with E-state index in [0.29, 0.717) is 29.3 Å². The molecule has 1 aliphatic heterocycles. The number of amides is 1. The van der Waals surface area contributed by atoms with Crippen LogP contribution < -0.4 is 10.2 Å². The van der Waals surface area contributed by atoms with Crippen molar-refractivity contribution in [2.24, 2.45) is 5.92 Å². The van der Waals surface area contributed by atoms with Gasteiger partial charge in [-0.15, -0.1) is 0 Å². The van der Waals surface area contributed by atoms with Crippen LogP contribution in [0.3, 0.4) is 0 Å². The molecule has 0 unspecified atom stereocenters. The third kappa shape index (κ3) is 3.97. The molecule has 4 rings (SSSR count). The van der Waals surface area contributed by atoms with Gasteiger partial charge in [0.2, 0.25) is 11.6 Å². The van der Waals surface area contributed by atoms with E-state index in [9.17, 15) is 9.59 Å². The monoisotopic (exact) mass is 422 g/mol. The van der Waals surface area contributed by atoms with Crippen LogP contribution in [0.5, 0.6) is 0 Å². The summed E-state index contributed by atoms with van der Waals surface area (Å²) in [4.78, 5) is 36.3. The summed E-state index contributed by atoms with van der Waals surface area (Å²) in [6, 6.07) is 6.86. The average molecular weight is 422 g/mol. The Labute approximate surface area is 180 Å². The van der Waals surface area contributed by atoms with Gasteiger partial charge in [-0.3, -0.25) is 4.79 Å². The maximum absolute atomic E-state index is 13.1. The van der Waals surface area contributed by atoms with E-state index < -0.39 is 5.97 Å². The van der Waals surface area contributed by atoms with E-state index in [-0.39, 0.29) is 11.8 Å². The Hall–Kier alpha value is -3.42. The molecule has 162 valence electrons. The number of nitrogens with one attached hydrogen (secondary N) is 1. The average Bonchev–Trinajstić information content (AvgIpc) is 3.06. The predicted octanol–water partition coefficient (Wildman–Crippen LogP) is 3.79. The molecule has 1 aromatic carbocycles. The maximum Gasteiger partial charge on any atom is 0.339 e. The number of carbonyl (C=O) groups excluding carboxylic acids is 2. The van der Waals surface area contributed by atoms with E-state index in [1.807, 2.05) is 20.8 Å². The van der Waals surface area contributed by atoms with Gasteiger partial charge < -0.3 is 19.4 Å². The first-order valence-corrected chi connectivity index (χ1v) is 10.4. The number of ether oxygens (including phenoxy) is 1. The number of anilines is 2. The van der Waals surface area contributed by atoms with Crippen LogP contribution in [0.15, 0.2) is 28.7 Å². The molecule has 8 heteroatoms. The molecule has 1 N–H and O–H groups in total. The molecule has 0 spiro atoms. The fourth-order valence-corrected chi connectivity index (χ4v) is 4.06. The molecule has 1 saturated heterocycles. The number of furan rings is 1. The van der Waals surface area contributed by atoms with E-state index in [1.165, 1.54) is 7.11 Å². The van der Waals surface area contributed by atoms with E-state index in [2.05, 4.69) is 20.2 Å². The van der Waals surface area contributed by atoms with Crippen LogP contribution in [0.2, 0.25) is 0 Å². The number of carbonyl (C=O) groups is 2. The quantitative estimate of drug-likeness (QED) is 0.639. The first-order valence-electron chi connectivity index (χ1n) is 10.4. The number of piperidine rings is 1.